The Morgan fingerprint density at radius 1 is 1.26 bits per heavy atom. The van der Waals surface area contributed by atoms with Crippen LogP contribution in [0.15, 0.2) is 56.3 Å². The number of halogens is 1. The van der Waals surface area contributed by atoms with Gasteiger partial charge >= 0.3 is 5.95 Å². The molecule has 1 aromatic heterocycles. The molecule has 0 spiro atoms. The van der Waals surface area contributed by atoms with Crippen molar-refractivity contribution < 1.29 is 14.4 Å². The Bertz CT molecular complexity index is 1060. The van der Waals surface area contributed by atoms with Crippen LogP contribution in [0.25, 0.3) is 12.2 Å². The van der Waals surface area contributed by atoms with E-state index in [0.29, 0.717) is 11.3 Å². The van der Waals surface area contributed by atoms with Crippen LogP contribution in [0.4, 0.5) is 11.4 Å². The van der Waals surface area contributed by atoms with Crippen LogP contribution in [-0.4, -0.2) is 21.2 Å². The molecule has 0 aliphatic rings. The number of aryl methyl sites for hydroxylation is 1. The van der Waals surface area contributed by atoms with Crippen molar-refractivity contribution in [1.82, 2.24) is 4.98 Å². The van der Waals surface area contributed by atoms with Gasteiger partial charge in [0.15, 0.2) is 5.69 Å². The van der Waals surface area contributed by atoms with E-state index in [1.807, 2.05) is 25.1 Å². The minimum Gasteiger partial charge on any atom is -0.479 e. The Morgan fingerprint density at radius 3 is 2.81 bits per heavy atom. The van der Waals surface area contributed by atoms with Gasteiger partial charge in [-0.25, -0.2) is 4.98 Å². The predicted octanol–water partition coefficient (Wildman–Crippen LogP) is 5.28. The van der Waals surface area contributed by atoms with Crippen molar-refractivity contribution in [2.24, 2.45) is 4.99 Å². The zero-order valence-electron chi connectivity index (χ0n) is 14.2. The number of hydrogen-bond donors (Lipinski definition) is 1. The molecule has 2 aromatic carbocycles. The van der Waals surface area contributed by atoms with Gasteiger partial charge in [0.1, 0.15) is 0 Å². The van der Waals surface area contributed by atoms with Gasteiger partial charge in [-0.3, -0.25) is 15.1 Å². The summed E-state index contributed by atoms with van der Waals surface area (Å²) in [4.78, 5) is 18.8. The second-order valence-corrected chi connectivity index (χ2v) is 6.50. The number of nitro benzene ring substituents is 1. The molecule has 0 saturated carbocycles. The fourth-order valence-electron chi connectivity index (χ4n) is 2.25. The summed E-state index contributed by atoms with van der Waals surface area (Å²) < 4.78 is 6.00. The fourth-order valence-corrected chi connectivity index (χ4v) is 2.85. The van der Waals surface area contributed by atoms with Crippen LogP contribution in [0.1, 0.15) is 22.7 Å². The minimum atomic E-state index is -0.466. The van der Waals surface area contributed by atoms with Crippen molar-refractivity contribution >= 4 is 45.7 Å². The fraction of sp³-hybridized carbons (Fsp3) is 0.0526. The van der Waals surface area contributed by atoms with E-state index in [1.165, 1.54) is 24.4 Å². The Morgan fingerprint density at radius 2 is 2.07 bits per heavy atom. The van der Waals surface area contributed by atoms with Gasteiger partial charge in [0.05, 0.1) is 16.8 Å². The average Bonchev–Trinajstić information content (AvgIpc) is 2.99. The van der Waals surface area contributed by atoms with Gasteiger partial charge in [0.25, 0.3) is 5.69 Å². The normalized spacial score (nSPS) is 11.5. The largest absolute Gasteiger partial charge is 0.479 e. The van der Waals surface area contributed by atoms with Gasteiger partial charge in [-0.2, -0.15) is 0 Å². The summed E-state index contributed by atoms with van der Waals surface area (Å²) in [5.74, 6) is -0.205. The van der Waals surface area contributed by atoms with E-state index in [2.05, 4.69) is 25.9 Å². The molecule has 0 amide bonds. The molecule has 0 aliphatic heterocycles. The molecule has 1 heterocycles. The van der Waals surface area contributed by atoms with Gasteiger partial charge in [0, 0.05) is 22.7 Å². The van der Waals surface area contributed by atoms with Crippen molar-refractivity contribution in [2.75, 3.05) is 0 Å². The average molecular weight is 428 g/mol. The maximum atomic E-state index is 10.8. The standard InChI is InChI=1S/C19H14BrN3O4/c1-12-5-7-16(15(20)9-12)21-11-17-19(24)27-18(22-17)8-6-13-3-2-4-14(10-13)23(25)26/h2-11,24H,1H3. The molecule has 0 aliphatic carbocycles. The highest BCUT2D eigenvalue weighted by Gasteiger charge is 2.09. The summed E-state index contributed by atoms with van der Waals surface area (Å²) >= 11 is 3.43. The van der Waals surface area contributed by atoms with Crippen molar-refractivity contribution in [3.63, 3.8) is 0 Å². The molecule has 0 saturated heterocycles. The van der Waals surface area contributed by atoms with E-state index in [-0.39, 0.29) is 23.2 Å². The molecule has 0 radical (unpaired) electrons. The molecule has 0 atom stereocenters. The van der Waals surface area contributed by atoms with E-state index in [9.17, 15) is 15.2 Å². The van der Waals surface area contributed by atoms with E-state index in [0.717, 1.165) is 10.0 Å². The number of aromatic hydroxyl groups is 1. The number of hydrogen-bond acceptors (Lipinski definition) is 6. The van der Waals surface area contributed by atoms with Gasteiger partial charge in [-0.05, 0) is 52.2 Å². The molecule has 0 bridgehead atoms. The second kappa shape index (κ2) is 7.96. The second-order valence-electron chi connectivity index (χ2n) is 5.64. The maximum absolute atomic E-state index is 10.8. The van der Waals surface area contributed by atoms with Crippen LogP contribution < -0.4 is 0 Å². The Kier molecular flexibility index (Phi) is 5.46. The molecule has 1 N–H and O–H groups in total. The molecule has 3 aromatic rings. The van der Waals surface area contributed by atoms with Crippen molar-refractivity contribution in [1.29, 1.82) is 0 Å². The summed E-state index contributed by atoms with van der Waals surface area (Å²) in [7, 11) is 0. The molecule has 0 fully saturated rings. The minimum absolute atomic E-state index is 0.0103. The molecule has 7 nitrogen and oxygen atoms in total. The first-order valence-corrected chi connectivity index (χ1v) is 8.64. The molecular weight excluding hydrogens is 414 g/mol. The van der Waals surface area contributed by atoms with Crippen molar-refractivity contribution in [3.8, 4) is 5.95 Å². The lowest BCUT2D eigenvalue weighted by atomic mass is 10.2. The van der Waals surface area contributed by atoms with Gasteiger partial charge in [0.2, 0.25) is 5.89 Å². The summed E-state index contributed by atoms with van der Waals surface area (Å²) in [5.41, 5.74) is 2.57. The zero-order valence-corrected chi connectivity index (χ0v) is 15.8. The number of benzene rings is 2. The maximum Gasteiger partial charge on any atom is 0.312 e. The van der Waals surface area contributed by atoms with E-state index in [1.54, 1.807) is 18.2 Å². The first-order valence-electron chi connectivity index (χ1n) is 7.85. The molecule has 0 unspecified atom stereocenters. The van der Waals surface area contributed by atoms with Crippen molar-refractivity contribution in [2.45, 2.75) is 6.92 Å². The topological polar surface area (TPSA) is 102 Å². The lowest BCUT2D eigenvalue weighted by molar-refractivity contribution is -0.384. The number of aliphatic imine (C=N–C) groups is 1. The molecule has 8 heteroatoms. The summed E-state index contributed by atoms with van der Waals surface area (Å²) in [5, 5.41) is 20.7. The van der Waals surface area contributed by atoms with Crippen LogP contribution in [0.3, 0.4) is 0 Å². The monoisotopic (exact) mass is 427 g/mol. The van der Waals surface area contributed by atoms with E-state index in [4.69, 9.17) is 4.42 Å². The number of aromatic nitrogens is 1. The third kappa shape index (κ3) is 4.68. The lowest BCUT2D eigenvalue weighted by Gasteiger charge is -1.98. The highest BCUT2D eigenvalue weighted by molar-refractivity contribution is 9.10. The lowest BCUT2D eigenvalue weighted by Crippen LogP contribution is -1.87. The first kappa shape index (κ1) is 18.5. The Labute approximate surface area is 163 Å². The highest BCUT2D eigenvalue weighted by Crippen LogP contribution is 2.27. The number of nitrogens with zero attached hydrogens (tertiary/aromatic N) is 3. The third-order valence-corrected chi connectivity index (χ3v) is 4.21. The van der Waals surface area contributed by atoms with Gasteiger partial charge in [-0.15, -0.1) is 0 Å². The quantitative estimate of drug-likeness (QED) is 0.338. The Hall–Kier alpha value is -3.26. The highest BCUT2D eigenvalue weighted by atomic mass is 79.9. The number of oxazole rings is 1. The Balaban J connectivity index is 1.79. The zero-order chi connectivity index (χ0) is 19.4. The van der Waals surface area contributed by atoms with Crippen molar-refractivity contribution in [3.05, 3.63) is 79.8 Å². The van der Waals surface area contributed by atoms with Crippen LogP contribution in [-0.2, 0) is 0 Å². The number of nitro groups is 1. The number of non-ortho nitro benzene ring substituents is 1. The molecule has 3 rings (SSSR count). The van der Waals surface area contributed by atoms with Gasteiger partial charge < -0.3 is 9.52 Å². The number of rotatable bonds is 5. The molecule has 136 valence electrons. The molecule has 27 heavy (non-hydrogen) atoms. The van der Waals surface area contributed by atoms with Crippen LogP contribution >= 0.6 is 15.9 Å². The predicted molar refractivity (Wildman–Crippen MR) is 106 cm³/mol. The summed E-state index contributed by atoms with van der Waals surface area (Å²) in [6, 6.07) is 11.8. The van der Waals surface area contributed by atoms with Crippen LogP contribution in [0.5, 0.6) is 5.95 Å². The SMILES string of the molecule is Cc1ccc(N=Cc2nc(C=Cc3cccc([N+](=O)[O-])c3)oc2O)c(Br)c1. The van der Waals surface area contributed by atoms with E-state index < -0.39 is 4.92 Å². The summed E-state index contributed by atoms with van der Waals surface area (Å²) in [6.45, 7) is 1.97. The van der Waals surface area contributed by atoms with Crippen LogP contribution in [0, 0.1) is 17.0 Å². The van der Waals surface area contributed by atoms with Crippen LogP contribution in [0.2, 0.25) is 0 Å². The summed E-state index contributed by atoms with van der Waals surface area (Å²) in [6.07, 6.45) is 4.52. The first-order chi connectivity index (χ1) is 12.9. The third-order valence-electron chi connectivity index (χ3n) is 3.58. The smallest absolute Gasteiger partial charge is 0.312 e. The van der Waals surface area contributed by atoms with Gasteiger partial charge in [-0.1, -0.05) is 18.2 Å². The van der Waals surface area contributed by atoms with E-state index >= 15 is 0 Å². The molecular formula is C19H14BrN3O4.